The van der Waals surface area contributed by atoms with Crippen LogP contribution >= 0.6 is 22.9 Å². The Hall–Kier alpha value is -2.58. The van der Waals surface area contributed by atoms with Gasteiger partial charge >= 0.3 is 18.0 Å². The molecule has 2 amide bonds. The molecule has 1 aromatic carbocycles. The van der Waals surface area contributed by atoms with Gasteiger partial charge in [-0.1, -0.05) is 18.0 Å². The van der Waals surface area contributed by atoms with Gasteiger partial charge in [-0.2, -0.15) is 0 Å². The molecule has 2 aromatic rings. The number of anilines is 2. The van der Waals surface area contributed by atoms with E-state index in [4.69, 9.17) is 21.1 Å². The van der Waals surface area contributed by atoms with E-state index < -0.39 is 18.0 Å². The molecule has 166 valence electrons. The molecular weight excluding hydrogens is 440 g/mol. The molecule has 1 aromatic heterocycles. The highest BCUT2D eigenvalue weighted by atomic mass is 35.5. The summed E-state index contributed by atoms with van der Waals surface area (Å²) in [5.74, 6) is -1.08. The van der Waals surface area contributed by atoms with E-state index in [9.17, 15) is 14.4 Å². The lowest BCUT2D eigenvalue weighted by molar-refractivity contribution is 0.0216. The van der Waals surface area contributed by atoms with Crippen LogP contribution in [0.4, 0.5) is 15.5 Å². The van der Waals surface area contributed by atoms with Crippen LogP contribution in [0.3, 0.4) is 0 Å². The van der Waals surface area contributed by atoms with Crippen LogP contribution in [0.2, 0.25) is 5.02 Å². The second kappa shape index (κ2) is 10.6. The van der Waals surface area contributed by atoms with Gasteiger partial charge in [0.05, 0.1) is 12.2 Å². The molecule has 31 heavy (non-hydrogen) atoms. The van der Waals surface area contributed by atoms with Crippen LogP contribution in [-0.4, -0.2) is 30.7 Å². The number of ether oxygens (including phenoxy) is 2. The SMILES string of the molecule is CCOC(=O)c1c(NC(=O)Nc2ccc(Cl)cc2)sc(C(=O)OC2CCCCC2)c1C. The fraction of sp³-hybridized carbons (Fsp3) is 0.409. The molecule has 1 heterocycles. The van der Waals surface area contributed by atoms with Crippen LogP contribution in [0, 0.1) is 6.92 Å². The first-order valence-corrected chi connectivity index (χ1v) is 11.4. The lowest BCUT2D eigenvalue weighted by Gasteiger charge is -2.21. The molecule has 1 saturated carbocycles. The fourth-order valence-corrected chi connectivity index (χ4v) is 4.63. The van der Waals surface area contributed by atoms with Crippen LogP contribution in [-0.2, 0) is 9.47 Å². The molecule has 1 aliphatic carbocycles. The highest BCUT2D eigenvalue weighted by molar-refractivity contribution is 7.18. The minimum absolute atomic E-state index is 0.113. The van der Waals surface area contributed by atoms with Crippen LogP contribution < -0.4 is 10.6 Å². The van der Waals surface area contributed by atoms with Crippen molar-refractivity contribution in [1.82, 2.24) is 0 Å². The van der Waals surface area contributed by atoms with Gasteiger partial charge in [0.25, 0.3) is 0 Å². The van der Waals surface area contributed by atoms with Crippen LogP contribution in [0.1, 0.15) is 64.6 Å². The van der Waals surface area contributed by atoms with Gasteiger partial charge in [-0.15, -0.1) is 11.3 Å². The van der Waals surface area contributed by atoms with E-state index in [1.165, 1.54) is 0 Å². The smallest absolute Gasteiger partial charge is 0.348 e. The average Bonchev–Trinajstić information content (AvgIpc) is 3.06. The third kappa shape index (κ3) is 5.98. The molecule has 0 radical (unpaired) electrons. The van der Waals surface area contributed by atoms with E-state index in [0.29, 0.717) is 16.3 Å². The highest BCUT2D eigenvalue weighted by Crippen LogP contribution is 2.35. The zero-order chi connectivity index (χ0) is 22.4. The normalized spacial score (nSPS) is 14.0. The number of halogens is 1. The Morgan fingerprint density at radius 2 is 1.74 bits per heavy atom. The molecule has 3 rings (SSSR count). The molecule has 0 saturated heterocycles. The summed E-state index contributed by atoms with van der Waals surface area (Å²) >= 11 is 6.87. The summed E-state index contributed by atoms with van der Waals surface area (Å²) in [5, 5.41) is 6.11. The number of benzene rings is 1. The van der Waals surface area contributed by atoms with Crippen LogP contribution in [0.25, 0.3) is 0 Å². The van der Waals surface area contributed by atoms with Crippen molar-refractivity contribution >= 4 is 51.6 Å². The summed E-state index contributed by atoms with van der Waals surface area (Å²) in [6, 6.07) is 6.05. The fourth-order valence-electron chi connectivity index (χ4n) is 3.43. The Labute approximate surface area is 190 Å². The van der Waals surface area contributed by atoms with Crippen molar-refractivity contribution in [3.63, 3.8) is 0 Å². The first-order chi connectivity index (χ1) is 14.9. The number of nitrogens with one attached hydrogen (secondary N) is 2. The second-order valence-corrected chi connectivity index (χ2v) is 8.69. The quantitative estimate of drug-likeness (QED) is 0.510. The van der Waals surface area contributed by atoms with Crippen molar-refractivity contribution < 1.29 is 23.9 Å². The number of urea groups is 1. The van der Waals surface area contributed by atoms with Gasteiger partial charge in [-0.3, -0.25) is 5.32 Å². The van der Waals surface area contributed by atoms with E-state index in [1.807, 2.05) is 0 Å². The lowest BCUT2D eigenvalue weighted by Crippen LogP contribution is -2.21. The van der Waals surface area contributed by atoms with E-state index in [1.54, 1.807) is 38.1 Å². The molecule has 1 fully saturated rings. The monoisotopic (exact) mass is 464 g/mol. The zero-order valence-electron chi connectivity index (χ0n) is 17.5. The molecule has 1 aliphatic rings. The van der Waals surface area contributed by atoms with Crippen LogP contribution in [0.15, 0.2) is 24.3 Å². The molecule has 0 atom stereocenters. The number of rotatable bonds is 6. The predicted molar refractivity (Wildman–Crippen MR) is 121 cm³/mol. The van der Waals surface area contributed by atoms with Crippen molar-refractivity contribution in [2.45, 2.75) is 52.1 Å². The maximum absolute atomic E-state index is 12.8. The van der Waals surface area contributed by atoms with Gasteiger partial charge in [0.15, 0.2) is 0 Å². The zero-order valence-corrected chi connectivity index (χ0v) is 19.0. The Morgan fingerprint density at radius 1 is 1.06 bits per heavy atom. The molecule has 0 aliphatic heterocycles. The summed E-state index contributed by atoms with van der Waals surface area (Å²) in [6.07, 6.45) is 4.79. The summed E-state index contributed by atoms with van der Waals surface area (Å²) in [4.78, 5) is 38.1. The third-order valence-electron chi connectivity index (χ3n) is 4.97. The number of carbonyl (C=O) groups excluding carboxylic acids is 3. The van der Waals surface area contributed by atoms with Crippen molar-refractivity contribution in [3.8, 4) is 0 Å². The maximum atomic E-state index is 12.8. The summed E-state index contributed by atoms with van der Waals surface area (Å²) in [5.41, 5.74) is 1.13. The highest BCUT2D eigenvalue weighted by Gasteiger charge is 2.29. The van der Waals surface area contributed by atoms with Crippen LogP contribution in [0.5, 0.6) is 0 Å². The van der Waals surface area contributed by atoms with Gasteiger partial charge in [0.1, 0.15) is 16.0 Å². The Morgan fingerprint density at radius 3 is 2.39 bits per heavy atom. The first kappa shape index (κ1) is 23.1. The topological polar surface area (TPSA) is 93.7 Å². The molecule has 0 bridgehead atoms. The van der Waals surface area contributed by atoms with Gasteiger partial charge in [0, 0.05) is 10.7 Å². The molecule has 7 nitrogen and oxygen atoms in total. The number of esters is 2. The number of amides is 2. The number of thiophene rings is 1. The van der Waals surface area contributed by atoms with Gasteiger partial charge in [-0.25, -0.2) is 14.4 Å². The molecular formula is C22H25ClN2O5S. The first-order valence-electron chi connectivity index (χ1n) is 10.2. The van der Waals surface area contributed by atoms with Crippen molar-refractivity contribution in [2.24, 2.45) is 0 Å². The second-order valence-electron chi connectivity index (χ2n) is 7.23. The van der Waals surface area contributed by atoms with E-state index in [2.05, 4.69) is 10.6 Å². The molecule has 2 N–H and O–H groups in total. The summed E-state index contributed by atoms with van der Waals surface area (Å²) in [7, 11) is 0. The standard InChI is InChI=1S/C22H25ClN2O5S/c1-3-29-20(26)17-13(2)18(21(27)30-16-7-5-4-6-8-16)31-19(17)25-22(28)24-15-11-9-14(23)10-12-15/h9-12,16H,3-8H2,1-2H3,(H2,24,25,28). The Kier molecular flexibility index (Phi) is 7.92. The molecule has 9 heteroatoms. The largest absolute Gasteiger partial charge is 0.462 e. The van der Waals surface area contributed by atoms with Crippen molar-refractivity contribution in [1.29, 1.82) is 0 Å². The number of hydrogen-bond donors (Lipinski definition) is 2. The minimum atomic E-state index is -0.602. The predicted octanol–water partition coefficient (Wildman–Crippen LogP) is 6.02. The number of carbonyl (C=O) groups is 3. The van der Waals surface area contributed by atoms with E-state index in [0.717, 1.165) is 43.4 Å². The average molecular weight is 465 g/mol. The Balaban J connectivity index is 1.80. The number of hydrogen-bond acceptors (Lipinski definition) is 6. The Bertz CT molecular complexity index is 952. The van der Waals surface area contributed by atoms with Gasteiger partial charge in [0.2, 0.25) is 0 Å². The molecule has 0 spiro atoms. The van der Waals surface area contributed by atoms with Crippen molar-refractivity contribution in [2.75, 3.05) is 17.2 Å². The summed E-state index contributed by atoms with van der Waals surface area (Å²) < 4.78 is 10.8. The minimum Gasteiger partial charge on any atom is -0.462 e. The maximum Gasteiger partial charge on any atom is 0.348 e. The van der Waals surface area contributed by atoms with E-state index in [-0.39, 0.29) is 28.2 Å². The van der Waals surface area contributed by atoms with Crippen molar-refractivity contribution in [3.05, 3.63) is 45.3 Å². The van der Waals surface area contributed by atoms with Gasteiger partial charge in [-0.05, 0) is 69.4 Å². The van der Waals surface area contributed by atoms with Gasteiger partial charge < -0.3 is 14.8 Å². The summed E-state index contributed by atoms with van der Waals surface area (Å²) in [6.45, 7) is 3.52. The lowest BCUT2D eigenvalue weighted by atomic mass is 9.98. The molecule has 0 unspecified atom stereocenters. The third-order valence-corrected chi connectivity index (χ3v) is 6.41. The van der Waals surface area contributed by atoms with E-state index >= 15 is 0 Å².